The molecule has 1 aromatic carbocycles. The summed E-state index contributed by atoms with van der Waals surface area (Å²) in [5.74, 6) is 1.55. The average molecular weight is 256 g/mol. The first-order valence-electron chi connectivity index (χ1n) is 6.56. The topological polar surface area (TPSA) is 49.8 Å². The summed E-state index contributed by atoms with van der Waals surface area (Å²) in [4.78, 5) is 8.70. The molecule has 1 heterocycles. The third-order valence-corrected chi connectivity index (χ3v) is 2.85. The number of anilines is 2. The van der Waals surface area contributed by atoms with Crippen LogP contribution < -0.4 is 10.6 Å². The van der Waals surface area contributed by atoms with Crippen LogP contribution in [0, 0.1) is 13.8 Å². The van der Waals surface area contributed by atoms with Crippen LogP contribution in [0.1, 0.15) is 23.6 Å². The lowest BCUT2D eigenvalue weighted by Crippen LogP contribution is -2.08. The molecule has 4 nitrogen and oxygen atoms in total. The van der Waals surface area contributed by atoms with Gasteiger partial charge >= 0.3 is 0 Å². The van der Waals surface area contributed by atoms with Crippen molar-refractivity contribution in [1.82, 2.24) is 9.97 Å². The molecule has 1 aromatic heterocycles. The maximum absolute atomic E-state index is 4.47. The fourth-order valence-electron chi connectivity index (χ4n) is 1.87. The Kier molecular flexibility index (Phi) is 4.34. The van der Waals surface area contributed by atoms with Gasteiger partial charge in [0.15, 0.2) is 0 Å². The number of hydrogen-bond donors (Lipinski definition) is 2. The molecule has 0 amide bonds. The van der Waals surface area contributed by atoms with Crippen molar-refractivity contribution in [2.24, 2.45) is 0 Å². The number of nitrogens with zero attached hydrogens (tertiary/aromatic N) is 2. The molecule has 0 aliphatic rings. The van der Waals surface area contributed by atoms with Crippen LogP contribution in [-0.2, 0) is 6.54 Å². The maximum atomic E-state index is 4.47. The monoisotopic (exact) mass is 256 g/mol. The molecule has 0 spiro atoms. The van der Waals surface area contributed by atoms with E-state index >= 15 is 0 Å². The Balaban J connectivity index is 2.08. The molecule has 2 aromatic rings. The first-order valence-corrected chi connectivity index (χ1v) is 6.56. The summed E-state index contributed by atoms with van der Waals surface area (Å²) in [5, 5.41) is 6.48. The second-order valence-electron chi connectivity index (χ2n) is 4.60. The predicted octanol–water partition coefficient (Wildman–Crippen LogP) is 3.14. The Labute approximate surface area is 114 Å². The van der Waals surface area contributed by atoms with Crippen molar-refractivity contribution in [3.05, 3.63) is 47.2 Å². The van der Waals surface area contributed by atoms with Crippen LogP contribution in [0.2, 0.25) is 0 Å². The van der Waals surface area contributed by atoms with E-state index in [-0.39, 0.29) is 0 Å². The van der Waals surface area contributed by atoms with Crippen LogP contribution in [0.3, 0.4) is 0 Å². The van der Waals surface area contributed by atoms with Crippen molar-refractivity contribution in [1.29, 1.82) is 0 Å². The molecule has 0 aliphatic carbocycles. The minimum Gasteiger partial charge on any atom is -0.366 e. The highest BCUT2D eigenvalue weighted by Gasteiger charge is 2.03. The van der Waals surface area contributed by atoms with Gasteiger partial charge in [0.2, 0.25) is 5.95 Å². The van der Waals surface area contributed by atoms with Crippen molar-refractivity contribution in [3.63, 3.8) is 0 Å². The van der Waals surface area contributed by atoms with E-state index in [9.17, 15) is 0 Å². The van der Waals surface area contributed by atoms with Crippen LogP contribution in [0.4, 0.5) is 11.8 Å². The molecule has 0 unspecified atom stereocenters. The molecule has 19 heavy (non-hydrogen) atoms. The van der Waals surface area contributed by atoms with E-state index < -0.39 is 0 Å². The van der Waals surface area contributed by atoms with E-state index in [1.54, 1.807) is 0 Å². The highest BCUT2D eigenvalue weighted by molar-refractivity contribution is 5.46. The fraction of sp³-hybridized carbons (Fsp3) is 0.333. The van der Waals surface area contributed by atoms with E-state index in [4.69, 9.17) is 0 Å². The lowest BCUT2D eigenvalue weighted by atomic mass is 10.1. The lowest BCUT2D eigenvalue weighted by Gasteiger charge is -2.10. The number of benzene rings is 1. The standard InChI is InChI=1S/C15H20N4/c1-4-16-15-18-9-12(3)14(19-15)17-10-13-7-5-6-11(2)8-13/h5-9H,4,10H2,1-3H3,(H2,16,17,18,19). The molecule has 0 bridgehead atoms. The third kappa shape index (κ3) is 3.68. The van der Waals surface area contributed by atoms with E-state index in [2.05, 4.69) is 51.8 Å². The van der Waals surface area contributed by atoms with Gasteiger partial charge < -0.3 is 10.6 Å². The predicted molar refractivity (Wildman–Crippen MR) is 79.4 cm³/mol. The Hall–Kier alpha value is -2.10. The Morgan fingerprint density at radius 1 is 1.16 bits per heavy atom. The third-order valence-electron chi connectivity index (χ3n) is 2.85. The minimum absolute atomic E-state index is 0.667. The highest BCUT2D eigenvalue weighted by atomic mass is 15.1. The zero-order valence-electron chi connectivity index (χ0n) is 11.7. The molecule has 100 valence electrons. The van der Waals surface area contributed by atoms with Crippen molar-refractivity contribution >= 4 is 11.8 Å². The molecule has 0 atom stereocenters. The maximum Gasteiger partial charge on any atom is 0.224 e. The van der Waals surface area contributed by atoms with Gasteiger partial charge in [0.25, 0.3) is 0 Å². The minimum atomic E-state index is 0.667. The molecule has 0 saturated carbocycles. The SMILES string of the molecule is CCNc1ncc(C)c(NCc2cccc(C)c2)n1. The van der Waals surface area contributed by atoms with Crippen LogP contribution in [-0.4, -0.2) is 16.5 Å². The van der Waals surface area contributed by atoms with Gasteiger partial charge in [0, 0.05) is 24.8 Å². The van der Waals surface area contributed by atoms with Gasteiger partial charge in [-0.2, -0.15) is 4.98 Å². The zero-order valence-corrected chi connectivity index (χ0v) is 11.7. The molecule has 0 radical (unpaired) electrons. The zero-order chi connectivity index (χ0) is 13.7. The first kappa shape index (κ1) is 13.3. The van der Waals surface area contributed by atoms with Gasteiger partial charge in [-0.15, -0.1) is 0 Å². The average Bonchev–Trinajstić information content (AvgIpc) is 2.40. The van der Waals surface area contributed by atoms with Crippen molar-refractivity contribution < 1.29 is 0 Å². The van der Waals surface area contributed by atoms with E-state index in [0.717, 1.165) is 24.5 Å². The molecule has 2 rings (SSSR count). The van der Waals surface area contributed by atoms with Crippen LogP contribution in [0.5, 0.6) is 0 Å². The van der Waals surface area contributed by atoms with E-state index in [1.165, 1.54) is 11.1 Å². The quantitative estimate of drug-likeness (QED) is 0.863. The molecule has 0 fully saturated rings. The van der Waals surface area contributed by atoms with Gasteiger partial charge in [-0.25, -0.2) is 4.98 Å². The molecule has 0 aliphatic heterocycles. The molecule has 0 saturated heterocycles. The number of rotatable bonds is 5. The number of hydrogen-bond acceptors (Lipinski definition) is 4. The second-order valence-corrected chi connectivity index (χ2v) is 4.60. The molecule has 4 heteroatoms. The van der Waals surface area contributed by atoms with Gasteiger partial charge in [-0.05, 0) is 26.3 Å². The van der Waals surface area contributed by atoms with Crippen molar-refractivity contribution in [2.75, 3.05) is 17.2 Å². The summed E-state index contributed by atoms with van der Waals surface area (Å²) >= 11 is 0. The van der Waals surface area contributed by atoms with Crippen LogP contribution in [0.25, 0.3) is 0 Å². The Bertz CT molecular complexity index is 552. The van der Waals surface area contributed by atoms with Gasteiger partial charge in [0.05, 0.1) is 0 Å². The Morgan fingerprint density at radius 2 is 2.00 bits per heavy atom. The molecular formula is C15H20N4. The smallest absolute Gasteiger partial charge is 0.224 e. The van der Waals surface area contributed by atoms with Crippen molar-refractivity contribution in [3.8, 4) is 0 Å². The number of nitrogens with one attached hydrogen (secondary N) is 2. The number of aryl methyl sites for hydroxylation is 2. The summed E-state index contributed by atoms with van der Waals surface area (Å²) in [6, 6.07) is 8.46. The van der Waals surface area contributed by atoms with Gasteiger partial charge in [-0.3, -0.25) is 0 Å². The fourth-order valence-corrected chi connectivity index (χ4v) is 1.87. The van der Waals surface area contributed by atoms with E-state index in [1.807, 2.05) is 20.0 Å². The number of aromatic nitrogens is 2. The van der Waals surface area contributed by atoms with E-state index in [0.29, 0.717) is 5.95 Å². The summed E-state index contributed by atoms with van der Waals surface area (Å²) in [6.45, 7) is 7.73. The summed E-state index contributed by atoms with van der Waals surface area (Å²) in [5.41, 5.74) is 3.57. The highest BCUT2D eigenvalue weighted by Crippen LogP contribution is 2.14. The van der Waals surface area contributed by atoms with Gasteiger partial charge in [-0.1, -0.05) is 29.8 Å². The second kappa shape index (κ2) is 6.18. The van der Waals surface area contributed by atoms with Crippen LogP contribution >= 0.6 is 0 Å². The molecular weight excluding hydrogens is 236 g/mol. The largest absolute Gasteiger partial charge is 0.366 e. The first-order chi connectivity index (χ1) is 9.19. The summed E-state index contributed by atoms with van der Waals surface area (Å²) in [6.07, 6.45) is 1.84. The molecule has 2 N–H and O–H groups in total. The normalized spacial score (nSPS) is 10.3. The summed E-state index contributed by atoms with van der Waals surface area (Å²) < 4.78 is 0. The van der Waals surface area contributed by atoms with Crippen LogP contribution in [0.15, 0.2) is 30.5 Å². The lowest BCUT2D eigenvalue weighted by molar-refractivity contribution is 1.03. The van der Waals surface area contributed by atoms with Crippen molar-refractivity contribution in [2.45, 2.75) is 27.3 Å². The Morgan fingerprint density at radius 3 is 2.74 bits per heavy atom. The summed E-state index contributed by atoms with van der Waals surface area (Å²) in [7, 11) is 0. The van der Waals surface area contributed by atoms with Gasteiger partial charge in [0.1, 0.15) is 5.82 Å².